The third-order valence-corrected chi connectivity index (χ3v) is 2.33. The molecule has 0 aromatic heterocycles. The summed E-state index contributed by atoms with van der Waals surface area (Å²) in [4.78, 5) is 32.5. The molecule has 3 amide bonds. The topological polar surface area (TPSA) is 108 Å². The zero-order valence-corrected chi connectivity index (χ0v) is 11.3. The summed E-state index contributed by atoms with van der Waals surface area (Å²) in [6.45, 7) is -0.934. The zero-order valence-electron chi connectivity index (χ0n) is 9.72. The number of imide groups is 1. The van der Waals surface area contributed by atoms with Gasteiger partial charge in [-0.3, -0.25) is 10.1 Å². The fourth-order valence-corrected chi connectivity index (χ4v) is 1.30. The number of amides is 3. The molecule has 0 aliphatic carbocycles. The number of hydrogen-bond donors (Lipinski definition) is 2. The quantitative estimate of drug-likeness (QED) is 0.767. The first-order valence-corrected chi connectivity index (χ1v) is 5.90. The second kappa shape index (κ2) is 7.37. The van der Waals surface area contributed by atoms with Crippen molar-refractivity contribution in [3.8, 4) is 5.75 Å². The Morgan fingerprint density at radius 3 is 2.37 bits per heavy atom. The molecule has 0 saturated heterocycles. The van der Waals surface area contributed by atoms with Crippen LogP contribution in [-0.2, 0) is 14.3 Å². The van der Waals surface area contributed by atoms with E-state index >= 15 is 0 Å². The van der Waals surface area contributed by atoms with Crippen LogP contribution in [0, 0.1) is 0 Å². The lowest BCUT2D eigenvalue weighted by atomic mass is 10.3. The molecule has 0 bridgehead atoms. The lowest BCUT2D eigenvalue weighted by molar-refractivity contribution is -0.150. The predicted octanol–water partition coefficient (Wildman–Crippen LogP) is 0.566. The van der Waals surface area contributed by atoms with E-state index in [1.165, 1.54) is 0 Å². The van der Waals surface area contributed by atoms with Gasteiger partial charge in [0.25, 0.3) is 5.91 Å². The molecule has 0 heterocycles. The van der Waals surface area contributed by atoms with Crippen LogP contribution >= 0.6 is 15.9 Å². The van der Waals surface area contributed by atoms with Gasteiger partial charge in [0.2, 0.25) is 0 Å². The number of urea groups is 1. The SMILES string of the molecule is NC(=O)NC(=O)COC(=O)COc1ccc(Br)cc1. The molecule has 0 aliphatic heterocycles. The summed E-state index contributed by atoms with van der Waals surface area (Å²) >= 11 is 3.26. The van der Waals surface area contributed by atoms with Crippen molar-refractivity contribution < 1.29 is 23.9 Å². The summed E-state index contributed by atoms with van der Waals surface area (Å²) in [6.07, 6.45) is 0. The van der Waals surface area contributed by atoms with Gasteiger partial charge in [-0.15, -0.1) is 0 Å². The number of rotatable bonds is 5. The molecule has 102 valence electrons. The van der Waals surface area contributed by atoms with Crippen molar-refractivity contribution in [1.82, 2.24) is 5.32 Å². The largest absolute Gasteiger partial charge is 0.482 e. The molecular formula is C11H11BrN2O5. The van der Waals surface area contributed by atoms with Gasteiger partial charge in [0, 0.05) is 4.47 Å². The van der Waals surface area contributed by atoms with E-state index in [0.29, 0.717) is 5.75 Å². The number of carbonyl (C=O) groups excluding carboxylic acids is 3. The van der Waals surface area contributed by atoms with Crippen molar-refractivity contribution in [3.05, 3.63) is 28.7 Å². The van der Waals surface area contributed by atoms with Crippen LogP contribution in [0.4, 0.5) is 4.79 Å². The van der Waals surface area contributed by atoms with E-state index in [2.05, 4.69) is 20.7 Å². The van der Waals surface area contributed by atoms with Crippen LogP contribution in [-0.4, -0.2) is 31.1 Å². The Balaban J connectivity index is 2.26. The van der Waals surface area contributed by atoms with E-state index in [9.17, 15) is 14.4 Å². The summed E-state index contributed by atoms with van der Waals surface area (Å²) in [5, 5.41) is 1.75. The van der Waals surface area contributed by atoms with Crippen molar-refractivity contribution in [2.75, 3.05) is 13.2 Å². The van der Waals surface area contributed by atoms with E-state index < -0.39 is 24.5 Å². The van der Waals surface area contributed by atoms with Crippen LogP contribution in [0.5, 0.6) is 5.75 Å². The standard InChI is InChI=1S/C11H11BrN2O5/c12-7-1-3-8(4-2-7)18-6-10(16)19-5-9(15)14-11(13)17/h1-4H,5-6H2,(H3,13,14,15,17). The molecule has 0 spiro atoms. The molecule has 19 heavy (non-hydrogen) atoms. The Morgan fingerprint density at radius 1 is 1.16 bits per heavy atom. The third kappa shape index (κ3) is 6.41. The van der Waals surface area contributed by atoms with Crippen LogP contribution in [0.1, 0.15) is 0 Å². The van der Waals surface area contributed by atoms with Gasteiger partial charge in [0.1, 0.15) is 5.75 Å². The normalized spacial score (nSPS) is 9.53. The van der Waals surface area contributed by atoms with Gasteiger partial charge in [0.15, 0.2) is 13.2 Å². The maximum Gasteiger partial charge on any atom is 0.344 e. The highest BCUT2D eigenvalue weighted by Crippen LogP contribution is 2.15. The summed E-state index contributed by atoms with van der Waals surface area (Å²) in [6, 6.07) is 5.82. The van der Waals surface area contributed by atoms with Gasteiger partial charge in [-0.2, -0.15) is 0 Å². The molecule has 1 aromatic carbocycles. The number of primary amides is 1. The lowest BCUT2D eigenvalue weighted by Gasteiger charge is -2.06. The van der Waals surface area contributed by atoms with E-state index in [1.807, 2.05) is 0 Å². The van der Waals surface area contributed by atoms with Crippen molar-refractivity contribution in [2.45, 2.75) is 0 Å². The first kappa shape index (κ1) is 15.0. The van der Waals surface area contributed by atoms with Crippen molar-refractivity contribution >= 4 is 33.8 Å². The summed E-state index contributed by atoms with van der Waals surface area (Å²) < 4.78 is 10.6. The maximum atomic E-state index is 11.2. The van der Waals surface area contributed by atoms with Crippen LogP contribution in [0.25, 0.3) is 0 Å². The number of benzene rings is 1. The molecule has 8 heteroatoms. The lowest BCUT2D eigenvalue weighted by Crippen LogP contribution is -2.38. The van der Waals surface area contributed by atoms with Gasteiger partial charge in [-0.25, -0.2) is 9.59 Å². The highest BCUT2D eigenvalue weighted by atomic mass is 79.9. The molecule has 0 aliphatic rings. The Labute approximate surface area is 117 Å². The second-order valence-electron chi connectivity index (χ2n) is 3.32. The Hall–Kier alpha value is -2.09. The minimum Gasteiger partial charge on any atom is -0.482 e. The Morgan fingerprint density at radius 2 is 1.79 bits per heavy atom. The van der Waals surface area contributed by atoms with Gasteiger partial charge < -0.3 is 15.2 Å². The number of nitrogens with one attached hydrogen (secondary N) is 1. The molecule has 7 nitrogen and oxygen atoms in total. The molecule has 0 radical (unpaired) electrons. The number of nitrogens with two attached hydrogens (primary N) is 1. The maximum absolute atomic E-state index is 11.2. The predicted molar refractivity (Wildman–Crippen MR) is 68.3 cm³/mol. The van der Waals surface area contributed by atoms with E-state index in [-0.39, 0.29) is 6.61 Å². The third-order valence-electron chi connectivity index (χ3n) is 1.80. The molecule has 1 rings (SSSR count). The van der Waals surface area contributed by atoms with Crippen LogP contribution in [0.3, 0.4) is 0 Å². The molecule has 0 unspecified atom stereocenters. The molecule has 1 aromatic rings. The fraction of sp³-hybridized carbons (Fsp3) is 0.182. The number of esters is 1. The number of halogens is 1. The molecule has 0 saturated carbocycles. The first-order valence-electron chi connectivity index (χ1n) is 5.10. The van der Waals surface area contributed by atoms with Gasteiger partial charge in [-0.05, 0) is 24.3 Å². The van der Waals surface area contributed by atoms with Gasteiger partial charge in [-0.1, -0.05) is 15.9 Å². The molecule has 0 atom stereocenters. The number of ether oxygens (including phenoxy) is 2. The Kier molecular flexibility index (Phi) is 5.80. The smallest absolute Gasteiger partial charge is 0.344 e. The van der Waals surface area contributed by atoms with E-state index in [4.69, 9.17) is 10.5 Å². The van der Waals surface area contributed by atoms with Crippen molar-refractivity contribution in [2.24, 2.45) is 5.73 Å². The number of carbonyl (C=O) groups is 3. The highest BCUT2D eigenvalue weighted by molar-refractivity contribution is 9.10. The summed E-state index contributed by atoms with van der Waals surface area (Å²) in [5.74, 6) is -1.05. The average molecular weight is 331 g/mol. The fourth-order valence-electron chi connectivity index (χ4n) is 1.03. The van der Waals surface area contributed by atoms with Gasteiger partial charge >= 0.3 is 12.0 Å². The average Bonchev–Trinajstić information content (AvgIpc) is 2.35. The van der Waals surface area contributed by atoms with Crippen molar-refractivity contribution in [3.63, 3.8) is 0 Å². The van der Waals surface area contributed by atoms with Crippen molar-refractivity contribution in [1.29, 1.82) is 0 Å². The monoisotopic (exact) mass is 330 g/mol. The van der Waals surface area contributed by atoms with Crippen LogP contribution < -0.4 is 15.8 Å². The molecule has 0 fully saturated rings. The van der Waals surface area contributed by atoms with Crippen LogP contribution in [0.15, 0.2) is 28.7 Å². The molecular weight excluding hydrogens is 320 g/mol. The Bertz CT molecular complexity index is 474. The summed E-state index contributed by atoms with van der Waals surface area (Å²) in [7, 11) is 0. The van der Waals surface area contributed by atoms with E-state index in [1.54, 1.807) is 29.6 Å². The minimum absolute atomic E-state index is 0.342. The highest BCUT2D eigenvalue weighted by Gasteiger charge is 2.09. The zero-order chi connectivity index (χ0) is 14.3. The van der Waals surface area contributed by atoms with Crippen LogP contribution in [0.2, 0.25) is 0 Å². The van der Waals surface area contributed by atoms with Gasteiger partial charge in [0.05, 0.1) is 0 Å². The summed E-state index contributed by atoms with van der Waals surface area (Å²) in [5.41, 5.74) is 4.71. The minimum atomic E-state index is -1.01. The number of hydrogen-bond acceptors (Lipinski definition) is 5. The molecule has 3 N–H and O–H groups in total. The van der Waals surface area contributed by atoms with E-state index in [0.717, 1.165) is 4.47 Å². The second-order valence-corrected chi connectivity index (χ2v) is 4.23. The first-order chi connectivity index (χ1) is 8.97.